The van der Waals surface area contributed by atoms with Gasteiger partial charge >= 0.3 is 0 Å². The highest BCUT2D eigenvalue weighted by molar-refractivity contribution is 5.81. The summed E-state index contributed by atoms with van der Waals surface area (Å²) < 4.78 is 0. The first-order valence-corrected chi connectivity index (χ1v) is 8.75. The molecule has 0 aromatic heterocycles. The van der Waals surface area contributed by atoms with Gasteiger partial charge in [0.2, 0.25) is 11.8 Å². The second kappa shape index (κ2) is 7.16. The molecule has 3 rings (SSSR count). The number of hydrogen-bond donors (Lipinski definition) is 1. The van der Waals surface area contributed by atoms with Crippen molar-refractivity contribution in [3.8, 4) is 0 Å². The number of nitrogens with zero attached hydrogens (tertiary/aromatic N) is 1. The average Bonchev–Trinajstić information content (AvgIpc) is 3.38. The van der Waals surface area contributed by atoms with Crippen molar-refractivity contribution < 1.29 is 9.59 Å². The minimum Gasteiger partial charge on any atom is -0.353 e. The van der Waals surface area contributed by atoms with Crippen LogP contribution in [-0.4, -0.2) is 35.8 Å². The Bertz CT molecular complexity index is 572. The molecule has 0 radical (unpaired) electrons. The highest BCUT2D eigenvalue weighted by Gasteiger charge is 2.32. The third-order valence-corrected chi connectivity index (χ3v) is 4.85. The number of amides is 2. The first-order valence-electron chi connectivity index (χ1n) is 8.75. The molecule has 0 unspecified atom stereocenters. The van der Waals surface area contributed by atoms with E-state index in [0.717, 1.165) is 45.2 Å². The molecule has 1 saturated heterocycles. The van der Waals surface area contributed by atoms with Gasteiger partial charge in [0.1, 0.15) is 0 Å². The minimum absolute atomic E-state index is 0.217. The molecule has 1 heterocycles. The quantitative estimate of drug-likeness (QED) is 0.907. The zero-order valence-electron chi connectivity index (χ0n) is 13.9. The van der Waals surface area contributed by atoms with Gasteiger partial charge < -0.3 is 10.2 Å². The number of carbonyl (C=O) groups excluding carboxylic acids is 2. The molecular formula is C19H26N2O2. The number of rotatable bonds is 5. The molecule has 124 valence electrons. The van der Waals surface area contributed by atoms with Gasteiger partial charge in [0.15, 0.2) is 0 Å². The summed E-state index contributed by atoms with van der Waals surface area (Å²) in [5.74, 6) is 0.719. The number of carbonyl (C=O) groups is 2. The Kier molecular flexibility index (Phi) is 4.99. The summed E-state index contributed by atoms with van der Waals surface area (Å²) in [5, 5.41) is 3.13. The van der Waals surface area contributed by atoms with Crippen molar-refractivity contribution in [2.24, 2.45) is 5.92 Å². The molecule has 23 heavy (non-hydrogen) atoms. The van der Waals surface area contributed by atoms with Crippen LogP contribution in [0.15, 0.2) is 24.3 Å². The number of piperidine rings is 1. The fourth-order valence-electron chi connectivity index (χ4n) is 3.21. The van der Waals surface area contributed by atoms with Crippen LogP contribution < -0.4 is 5.32 Å². The zero-order valence-corrected chi connectivity index (χ0v) is 13.9. The summed E-state index contributed by atoms with van der Waals surface area (Å²) in [6.07, 6.45) is 5.23. The maximum Gasteiger partial charge on any atom is 0.223 e. The number of nitrogens with one attached hydrogen (secondary N) is 1. The minimum atomic E-state index is 0.217. The molecule has 2 amide bonds. The normalized spacial score (nSPS) is 18.7. The molecule has 1 aliphatic heterocycles. The fourth-order valence-corrected chi connectivity index (χ4v) is 3.21. The van der Waals surface area contributed by atoms with Gasteiger partial charge in [-0.1, -0.05) is 29.8 Å². The predicted octanol–water partition coefficient (Wildman–Crippen LogP) is 2.44. The summed E-state index contributed by atoms with van der Waals surface area (Å²) >= 11 is 0. The van der Waals surface area contributed by atoms with Crippen molar-refractivity contribution in [3.63, 3.8) is 0 Å². The summed E-state index contributed by atoms with van der Waals surface area (Å²) in [4.78, 5) is 26.1. The maximum absolute atomic E-state index is 12.3. The van der Waals surface area contributed by atoms with Crippen LogP contribution >= 0.6 is 0 Å². The van der Waals surface area contributed by atoms with E-state index in [0.29, 0.717) is 6.42 Å². The molecule has 1 aromatic rings. The molecule has 1 N–H and O–H groups in total. The molecule has 0 atom stereocenters. The molecule has 1 aliphatic carbocycles. The van der Waals surface area contributed by atoms with E-state index in [9.17, 15) is 9.59 Å². The van der Waals surface area contributed by atoms with Gasteiger partial charge in [-0.05, 0) is 44.6 Å². The van der Waals surface area contributed by atoms with E-state index in [1.54, 1.807) is 0 Å². The molecule has 0 bridgehead atoms. The second-order valence-electron chi connectivity index (χ2n) is 6.93. The third kappa shape index (κ3) is 4.57. The number of aryl methyl sites for hydroxylation is 2. The van der Waals surface area contributed by atoms with Gasteiger partial charge in [-0.25, -0.2) is 0 Å². The zero-order chi connectivity index (χ0) is 16.2. The van der Waals surface area contributed by atoms with Gasteiger partial charge in [-0.15, -0.1) is 0 Å². The smallest absolute Gasteiger partial charge is 0.223 e. The Morgan fingerprint density at radius 2 is 1.91 bits per heavy atom. The summed E-state index contributed by atoms with van der Waals surface area (Å²) in [5.41, 5.74) is 2.46. The molecule has 2 aliphatic rings. The molecule has 0 spiro atoms. The SMILES string of the molecule is Cc1cccc(CCC(=O)N2CCC(NC(=O)C3CC3)CC2)c1. The van der Waals surface area contributed by atoms with Crippen molar-refractivity contribution in [2.45, 2.75) is 51.5 Å². The molecule has 1 aromatic carbocycles. The van der Waals surface area contributed by atoms with Crippen LogP contribution in [0.5, 0.6) is 0 Å². The van der Waals surface area contributed by atoms with Crippen LogP contribution in [0.1, 0.15) is 43.2 Å². The van der Waals surface area contributed by atoms with Crippen LogP contribution in [0.3, 0.4) is 0 Å². The van der Waals surface area contributed by atoms with E-state index in [1.165, 1.54) is 11.1 Å². The van der Waals surface area contributed by atoms with Crippen LogP contribution in [0, 0.1) is 12.8 Å². The second-order valence-corrected chi connectivity index (χ2v) is 6.93. The molecular weight excluding hydrogens is 288 g/mol. The van der Waals surface area contributed by atoms with Crippen molar-refractivity contribution in [1.29, 1.82) is 0 Å². The first kappa shape index (κ1) is 16.0. The van der Waals surface area contributed by atoms with Gasteiger partial charge in [0.25, 0.3) is 0 Å². The highest BCUT2D eigenvalue weighted by atomic mass is 16.2. The van der Waals surface area contributed by atoms with Crippen molar-refractivity contribution >= 4 is 11.8 Å². The van der Waals surface area contributed by atoms with Crippen molar-refractivity contribution in [1.82, 2.24) is 10.2 Å². The van der Waals surface area contributed by atoms with Gasteiger partial charge in [-0.3, -0.25) is 9.59 Å². The molecule has 4 heteroatoms. The lowest BCUT2D eigenvalue weighted by Crippen LogP contribution is -2.47. The van der Waals surface area contributed by atoms with Crippen LogP contribution in [0.2, 0.25) is 0 Å². The van der Waals surface area contributed by atoms with Crippen LogP contribution in [-0.2, 0) is 16.0 Å². The summed E-state index contributed by atoms with van der Waals surface area (Å²) in [6.45, 7) is 3.61. The van der Waals surface area contributed by atoms with Crippen molar-refractivity contribution in [2.75, 3.05) is 13.1 Å². The van der Waals surface area contributed by atoms with E-state index in [1.807, 2.05) is 11.0 Å². The Morgan fingerprint density at radius 1 is 1.17 bits per heavy atom. The van der Waals surface area contributed by atoms with Gasteiger partial charge in [-0.2, -0.15) is 0 Å². The van der Waals surface area contributed by atoms with E-state index in [-0.39, 0.29) is 23.8 Å². The topological polar surface area (TPSA) is 49.4 Å². The molecule has 1 saturated carbocycles. The molecule has 2 fully saturated rings. The first-order chi connectivity index (χ1) is 11.1. The number of benzene rings is 1. The van der Waals surface area contributed by atoms with Gasteiger partial charge in [0.05, 0.1) is 0 Å². The van der Waals surface area contributed by atoms with Crippen molar-refractivity contribution in [3.05, 3.63) is 35.4 Å². The van der Waals surface area contributed by atoms with E-state index in [4.69, 9.17) is 0 Å². The molecule has 4 nitrogen and oxygen atoms in total. The third-order valence-electron chi connectivity index (χ3n) is 4.85. The lowest BCUT2D eigenvalue weighted by atomic mass is 10.0. The monoisotopic (exact) mass is 314 g/mol. The Hall–Kier alpha value is -1.84. The standard InChI is InChI=1S/C19H26N2O2/c1-14-3-2-4-15(13-14)5-8-18(22)21-11-9-17(10-12-21)20-19(23)16-6-7-16/h2-4,13,16-17H,5-12H2,1H3,(H,20,23). The number of likely N-dealkylation sites (tertiary alicyclic amines) is 1. The van der Waals surface area contributed by atoms with Crippen LogP contribution in [0.4, 0.5) is 0 Å². The summed E-state index contributed by atoms with van der Waals surface area (Å²) in [7, 11) is 0. The predicted molar refractivity (Wildman–Crippen MR) is 90.0 cm³/mol. The maximum atomic E-state index is 12.3. The lowest BCUT2D eigenvalue weighted by molar-refractivity contribution is -0.132. The van der Waals surface area contributed by atoms with Crippen LogP contribution in [0.25, 0.3) is 0 Å². The Morgan fingerprint density at radius 3 is 2.57 bits per heavy atom. The van der Waals surface area contributed by atoms with Gasteiger partial charge in [0, 0.05) is 31.5 Å². The summed E-state index contributed by atoms with van der Waals surface area (Å²) in [6, 6.07) is 8.60. The Labute approximate surface area is 138 Å². The number of hydrogen-bond acceptors (Lipinski definition) is 2. The lowest BCUT2D eigenvalue weighted by Gasteiger charge is -2.32. The fraction of sp³-hybridized carbons (Fsp3) is 0.579. The highest BCUT2D eigenvalue weighted by Crippen LogP contribution is 2.29. The van der Waals surface area contributed by atoms with E-state index in [2.05, 4.69) is 30.4 Å². The van der Waals surface area contributed by atoms with E-state index < -0.39 is 0 Å². The Balaban J connectivity index is 1.40. The average molecular weight is 314 g/mol. The van der Waals surface area contributed by atoms with E-state index >= 15 is 0 Å². The largest absolute Gasteiger partial charge is 0.353 e.